The molecule has 1 fully saturated rings. The molecular weight excluding hydrogens is 260 g/mol. The van der Waals surface area contributed by atoms with Gasteiger partial charge in [-0.2, -0.15) is 0 Å². The van der Waals surface area contributed by atoms with Gasteiger partial charge in [-0.3, -0.25) is 4.79 Å². The van der Waals surface area contributed by atoms with Crippen molar-refractivity contribution in [3.05, 3.63) is 16.1 Å². The molecule has 0 unspecified atom stereocenters. The first-order valence-electron chi connectivity index (χ1n) is 6.92. The number of thiazole rings is 1. The molecule has 1 aliphatic rings. The number of rotatable bonds is 5. The van der Waals surface area contributed by atoms with Crippen LogP contribution in [0.2, 0.25) is 0 Å². The van der Waals surface area contributed by atoms with E-state index in [4.69, 9.17) is 0 Å². The highest BCUT2D eigenvalue weighted by Crippen LogP contribution is 2.35. The second kappa shape index (κ2) is 6.01. The van der Waals surface area contributed by atoms with Gasteiger partial charge in [0.2, 0.25) is 0 Å². The van der Waals surface area contributed by atoms with Crippen LogP contribution < -0.4 is 0 Å². The van der Waals surface area contributed by atoms with Gasteiger partial charge in [0.25, 0.3) is 0 Å². The molecule has 5 heteroatoms. The molecule has 0 bridgehead atoms. The number of piperidine rings is 1. The van der Waals surface area contributed by atoms with Crippen LogP contribution in [0.15, 0.2) is 5.51 Å². The fraction of sp³-hybridized carbons (Fsp3) is 0.714. The Morgan fingerprint density at radius 2 is 2.21 bits per heavy atom. The highest BCUT2D eigenvalue weighted by Gasteiger charge is 2.39. The zero-order valence-corrected chi connectivity index (χ0v) is 12.5. The predicted molar refractivity (Wildman–Crippen MR) is 76.6 cm³/mol. The van der Waals surface area contributed by atoms with E-state index >= 15 is 0 Å². The molecule has 0 amide bonds. The maximum atomic E-state index is 11.4. The van der Waals surface area contributed by atoms with Gasteiger partial charge in [0.15, 0.2) is 0 Å². The van der Waals surface area contributed by atoms with Crippen LogP contribution in [0.3, 0.4) is 0 Å². The average Bonchev–Trinajstić information content (AvgIpc) is 2.82. The molecule has 1 aromatic rings. The first-order chi connectivity index (χ1) is 9.07. The Morgan fingerprint density at radius 3 is 2.68 bits per heavy atom. The lowest BCUT2D eigenvalue weighted by Gasteiger charge is -2.38. The molecule has 0 spiro atoms. The summed E-state index contributed by atoms with van der Waals surface area (Å²) in [5.74, 6) is -0.618. The van der Waals surface area contributed by atoms with E-state index in [-0.39, 0.29) is 0 Å². The Balaban J connectivity index is 1.84. The van der Waals surface area contributed by atoms with Crippen molar-refractivity contribution in [1.82, 2.24) is 9.88 Å². The third kappa shape index (κ3) is 3.15. The van der Waals surface area contributed by atoms with Gasteiger partial charge in [0.1, 0.15) is 0 Å². The number of carboxylic acid groups (broad SMARTS) is 1. The summed E-state index contributed by atoms with van der Waals surface area (Å²) in [7, 11) is 0. The van der Waals surface area contributed by atoms with E-state index in [0.29, 0.717) is 0 Å². The van der Waals surface area contributed by atoms with Gasteiger partial charge >= 0.3 is 5.97 Å². The SMILES string of the molecule is CCC1(C(=O)O)CCN(CCc2scnc2C)CC1. The lowest BCUT2D eigenvalue weighted by Crippen LogP contribution is -2.44. The Kier molecular flexibility index (Phi) is 4.58. The number of likely N-dealkylation sites (tertiary alicyclic amines) is 1. The summed E-state index contributed by atoms with van der Waals surface area (Å²) in [5, 5.41) is 9.37. The summed E-state index contributed by atoms with van der Waals surface area (Å²) < 4.78 is 0. The summed E-state index contributed by atoms with van der Waals surface area (Å²) in [6, 6.07) is 0. The maximum Gasteiger partial charge on any atom is 0.309 e. The van der Waals surface area contributed by atoms with Crippen molar-refractivity contribution in [2.24, 2.45) is 5.41 Å². The van der Waals surface area contributed by atoms with E-state index in [0.717, 1.165) is 51.0 Å². The third-order valence-corrected chi connectivity index (χ3v) is 5.44. The third-order valence-electron chi connectivity index (χ3n) is 4.44. The maximum absolute atomic E-state index is 11.4. The fourth-order valence-electron chi connectivity index (χ4n) is 2.75. The molecule has 2 heterocycles. The van der Waals surface area contributed by atoms with Crippen LogP contribution >= 0.6 is 11.3 Å². The lowest BCUT2D eigenvalue weighted by molar-refractivity contribution is -0.152. The molecule has 19 heavy (non-hydrogen) atoms. The molecule has 1 N–H and O–H groups in total. The first kappa shape index (κ1) is 14.5. The largest absolute Gasteiger partial charge is 0.481 e. The summed E-state index contributed by atoms with van der Waals surface area (Å²) >= 11 is 1.72. The lowest BCUT2D eigenvalue weighted by atomic mass is 9.76. The number of carbonyl (C=O) groups is 1. The van der Waals surface area contributed by atoms with E-state index in [9.17, 15) is 9.90 Å². The topological polar surface area (TPSA) is 53.4 Å². The van der Waals surface area contributed by atoms with Crippen molar-refractivity contribution in [1.29, 1.82) is 0 Å². The van der Waals surface area contributed by atoms with Gasteiger partial charge < -0.3 is 10.0 Å². The zero-order valence-electron chi connectivity index (χ0n) is 11.7. The Hall–Kier alpha value is -0.940. The second-order valence-electron chi connectivity index (χ2n) is 5.39. The van der Waals surface area contributed by atoms with Crippen molar-refractivity contribution >= 4 is 17.3 Å². The fourth-order valence-corrected chi connectivity index (χ4v) is 3.52. The number of aliphatic carboxylic acids is 1. The van der Waals surface area contributed by atoms with Crippen LogP contribution in [0.4, 0.5) is 0 Å². The standard InChI is InChI=1S/C14H22N2O2S/c1-3-14(13(17)18)5-8-16(9-6-14)7-4-12-11(2)15-10-19-12/h10H,3-9H2,1-2H3,(H,17,18). The van der Waals surface area contributed by atoms with E-state index < -0.39 is 11.4 Å². The van der Waals surface area contributed by atoms with E-state index in [1.54, 1.807) is 11.3 Å². The summed E-state index contributed by atoms with van der Waals surface area (Å²) in [4.78, 5) is 19.4. The molecule has 1 saturated heterocycles. The minimum Gasteiger partial charge on any atom is -0.481 e. The molecule has 106 valence electrons. The van der Waals surface area contributed by atoms with Crippen LogP contribution in [0.25, 0.3) is 0 Å². The van der Waals surface area contributed by atoms with E-state index in [1.165, 1.54) is 4.88 Å². The van der Waals surface area contributed by atoms with Gasteiger partial charge in [-0.05, 0) is 45.7 Å². The van der Waals surface area contributed by atoms with Gasteiger partial charge in [0.05, 0.1) is 16.6 Å². The number of hydrogen-bond donors (Lipinski definition) is 1. The minimum atomic E-state index is -0.618. The van der Waals surface area contributed by atoms with Crippen LogP contribution in [-0.4, -0.2) is 40.6 Å². The van der Waals surface area contributed by atoms with Crippen LogP contribution in [0.5, 0.6) is 0 Å². The molecule has 0 aliphatic carbocycles. The average molecular weight is 282 g/mol. The summed E-state index contributed by atoms with van der Waals surface area (Å²) in [6.07, 6.45) is 3.33. The normalized spacial score (nSPS) is 19.5. The van der Waals surface area contributed by atoms with Crippen molar-refractivity contribution in [3.63, 3.8) is 0 Å². The Morgan fingerprint density at radius 1 is 1.53 bits per heavy atom. The molecule has 0 radical (unpaired) electrons. The van der Waals surface area contributed by atoms with Gasteiger partial charge in [-0.25, -0.2) is 4.98 Å². The summed E-state index contributed by atoms with van der Waals surface area (Å²) in [6.45, 7) is 6.86. The molecular formula is C14H22N2O2S. The molecule has 0 aromatic carbocycles. The van der Waals surface area contributed by atoms with Gasteiger partial charge in [-0.1, -0.05) is 6.92 Å². The summed E-state index contributed by atoms with van der Waals surface area (Å²) in [5.41, 5.74) is 2.56. The molecule has 0 saturated carbocycles. The molecule has 1 aliphatic heterocycles. The Bertz CT molecular complexity index is 436. The quantitative estimate of drug-likeness (QED) is 0.902. The molecule has 1 aromatic heterocycles. The van der Waals surface area contributed by atoms with Crippen LogP contribution in [0, 0.1) is 12.3 Å². The number of aryl methyl sites for hydroxylation is 1. The molecule has 4 nitrogen and oxygen atoms in total. The van der Waals surface area contributed by atoms with Gasteiger partial charge in [0, 0.05) is 11.4 Å². The molecule has 0 atom stereocenters. The number of hydrogen-bond acceptors (Lipinski definition) is 4. The van der Waals surface area contributed by atoms with Crippen molar-refractivity contribution in [2.75, 3.05) is 19.6 Å². The highest BCUT2D eigenvalue weighted by atomic mass is 32.1. The van der Waals surface area contributed by atoms with Crippen molar-refractivity contribution < 1.29 is 9.90 Å². The zero-order chi connectivity index (χ0) is 13.9. The molecule has 2 rings (SSSR count). The van der Waals surface area contributed by atoms with Crippen molar-refractivity contribution in [2.45, 2.75) is 39.5 Å². The highest BCUT2D eigenvalue weighted by molar-refractivity contribution is 7.09. The van der Waals surface area contributed by atoms with Crippen molar-refractivity contribution in [3.8, 4) is 0 Å². The number of carboxylic acids is 1. The Labute approximate surface area is 118 Å². The van der Waals surface area contributed by atoms with E-state index in [1.807, 2.05) is 12.4 Å². The minimum absolute atomic E-state index is 0.475. The predicted octanol–water partition coefficient (Wildman–Crippen LogP) is 2.57. The first-order valence-corrected chi connectivity index (χ1v) is 7.80. The van der Waals surface area contributed by atoms with E-state index in [2.05, 4.69) is 16.8 Å². The number of nitrogens with zero attached hydrogens (tertiary/aromatic N) is 2. The number of aromatic nitrogens is 1. The van der Waals surface area contributed by atoms with Crippen LogP contribution in [0.1, 0.15) is 36.8 Å². The van der Waals surface area contributed by atoms with Crippen LogP contribution in [-0.2, 0) is 11.2 Å². The monoisotopic (exact) mass is 282 g/mol. The smallest absolute Gasteiger partial charge is 0.309 e. The second-order valence-corrected chi connectivity index (χ2v) is 6.33. The van der Waals surface area contributed by atoms with Gasteiger partial charge in [-0.15, -0.1) is 11.3 Å².